The van der Waals surface area contributed by atoms with E-state index in [0.717, 1.165) is 47.9 Å². The van der Waals surface area contributed by atoms with Crippen LogP contribution in [0.25, 0.3) is 16.6 Å². The van der Waals surface area contributed by atoms with Crippen molar-refractivity contribution in [1.82, 2.24) is 20.3 Å². The number of nitrogens with zero attached hydrogens (tertiary/aromatic N) is 4. The number of aromatic nitrogens is 3. The van der Waals surface area contributed by atoms with Gasteiger partial charge in [0.25, 0.3) is 0 Å². The summed E-state index contributed by atoms with van der Waals surface area (Å²) in [6, 6.07) is 8.74. The minimum Gasteiger partial charge on any atom is -0.388 e. The standard InChI is InChI=1S/C28H33N5O3/c1-25-8-9-26(15-29)13-18-23(34)24(35)21(33(2)3)14-27(18)10-11-28(26,36-27)22(25)7-5-17(25)16-4-6-19-20(12-16)31-32-30-19/h4-6,12-13,21-24,34-35H,7-11,14H2,1-3H3,(H,30,31,32)/t21-,22?,23+,24+,25+,26?,27+,28-/m0/s1. The van der Waals surface area contributed by atoms with E-state index >= 15 is 0 Å². The summed E-state index contributed by atoms with van der Waals surface area (Å²) in [4.78, 5) is 1.99. The van der Waals surface area contributed by atoms with Gasteiger partial charge in [0.2, 0.25) is 0 Å². The number of fused-ring (bicyclic) bond motifs is 2. The summed E-state index contributed by atoms with van der Waals surface area (Å²) in [6.45, 7) is 2.34. The van der Waals surface area contributed by atoms with Crippen molar-refractivity contribution in [3.05, 3.63) is 41.5 Å². The first-order valence-electron chi connectivity index (χ1n) is 13.1. The zero-order chi connectivity index (χ0) is 25.1. The molecule has 7 rings (SSSR count). The van der Waals surface area contributed by atoms with Crippen molar-refractivity contribution < 1.29 is 14.9 Å². The molecule has 5 aliphatic rings. The summed E-state index contributed by atoms with van der Waals surface area (Å²) in [6.07, 6.45) is 7.03. The molecule has 2 saturated carbocycles. The van der Waals surface area contributed by atoms with E-state index in [1.165, 1.54) is 5.57 Å². The fourth-order valence-electron chi connectivity index (χ4n) is 8.70. The number of aliphatic hydroxyl groups excluding tert-OH is 2. The Morgan fingerprint density at radius 3 is 2.72 bits per heavy atom. The summed E-state index contributed by atoms with van der Waals surface area (Å²) in [5.41, 5.74) is 2.71. The van der Waals surface area contributed by atoms with Gasteiger partial charge in [-0.3, -0.25) is 0 Å². The average molecular weight is 488 g/mol. The zero-order valence-corrected chi connectivity index (χ0v) is 21.0. The van der Waals surface area contributed by atoms with Crippen molar-refractivity contribution in [1.29, 1.82) is 5.26 Å². The Balaban J connectivity index is 1.33. The lowest BCUT2D eigenvalue weighted by atomic mass is 9.49. The molecule has 2 spiro atoms. The number of hydrogen-bond donors (Lipinski definition) is 3. The predicted molar refractivity (Wildman–Crippen MR) is 133 cm³/mol. The molecular weight excluding hydrogens is 454 g/mol. The maximum Gasteiger partial charge on any atom is 0.113 e. The number of aromatic amines is 1. The van der Waals surface area contributed by atoms with Gasteiger partial charge in [0, 0.05) is 12.0 Å². The first-order chi connectivity index (χ1) is 17.2. The molecule has 0 radical (unpaired) electrons. The molecule has 188 valence electrons. The van der Waals surface area contributed by atoms with Crippen LogP contribution in [0.2, 0.25) is 0 Å². The van der Waals surface area contributed by atoms with E-state index in [1.54, 1.807) is 0 Å². The molecule has 2 bridgehead atoms. The third-order valence-electron chi connectivity index (χ3n) is 10.6. The van der Waals surface area contributed by atoms with Crippen LogP contribution in [0.4, 0.5) is 0 Å². The molecule has 3 aliphatic carbocycles. The van der Waals surface area contributed by atoms with Gasteiger partial charge in [-0.1, -0.05) is 25.1 Å². The quantitative estimate of drug-likeness (QED) is 0.558. The number of benzene rings is 1. The molecule has 1 aromatic heterocycles. The number of hydrogen-bond acceptors (Lipinski definition) is 7. The number of aliphatic hydroxyl groups is 2. The SMILES string of the molecule is CN(C)[C@H]1C[C@@]23CC[C@]4(O2)C2CC=C(c5ccc6n[nH]nc6c5)[C@@]2(C)CCC4(C#N)C=C3[C@@H](O)[C@@H]1O. The summed E-state index contributed by atoms with van der Waals surface area (Å²) in [5.74, 6) is 0.153. The largest absolute Gasteiger partial charge is 0.388 e. The Morgan fingerprint density at radius 1 is 1.14 bits per heavy atom. The van der Waals surface area contributed by atoms with Crippen LogP contribution in [0, 0.1) is 28.1 Å². The van der Waals surface area contributed by atoms with Gasteiger partial charge in [-0.05, 0) is 86.9 Å². The Bertz CT molecular complexity index is 1370. The van der Waals surface area contributed by atoms with Crippen LogP contribution >= 0.6 is 0 Å². The lowest BCUT2D eigenvalue weighted by Crippen LogP contribution is -2.66. The smallest absolute Gasteiger partial charge is 0.113 e. The molecule has 1 saturated heterocycles. The topological polar surface area (TPSA) is 118 Å². The van der Waals surface area contributed by atoms with E-state index in [4.69, 9.17) is 4.74 Å². The van der Waals surface area contributed by atoms with Crippen molar-refractivity contribution in [3.63, 3.8) is 0 Å². The van der Waals surface area contributed by atoms with E-state index in [2.05, 4.69) is 46.6 Å². The zero-order valence-electron chi connectivity index (χ0n) is 21.0. The van der Waals surface area contributed by atoms with Crippen LogP contribution in [0.3, 0.4) is 0 Å². The summed E-state index contributed by atoms with van der Waals surface area (Å²) < 4.78 is 7.25. The molecule has 8 nitrogen and oxygen atoms in total. The Hall–Kier alpha value is -2.57. The van der Waals surface area contributed by atoms with Gasteiger partial charge in [0.1, 0.15) is 22.6 Å². The van der Waals surface area contributed by atoms with Gasteiger partial charge in [-0.15, -0.1) is 0 Å². The third kappa shape index (κ3) is 2.52. The highest BCUT2D eigenvalue weighted by atomic mass is 16.5. The predicted octanol–water partition coefficient (Wildman–Crippen LogP) is 2.95. The van der Waals surface area contributed by atoms with Gasteiger partial charge in [0.05, 0.1) is 23.4 Å². The van der Waals surface area contributed by atoms with E-state index in [1.807, 2.05) is 31.1 Å². The molecule has 36 heavy (non-hydrogen) atoms. The van der Waals surface area contributed by atoms with Gasteiger partial charge < -0.3 is 19.8 Å². The van der Waals surface area contributed by atoms with Crippen LogP contribution < -0.4 is 0 Å². The van der Waals surface area contributed by atoms with E-state index in [9.17, 15) is 15.5 Å². The number of likely N-dealkylation sites (N-methyl/N-ethyl adjacent to an activating group) is 1. The van der Waals surface area contributed by atoms with E-state index < -0.39 is 28.8 Å². The first-order valence-corrected chi connectivity index (χ1v) is 13.1. The van der Waals surface area contributed by atoms with Crippen molar-refractivity contribution in [2.75, 3.05) is 14.1 Å². The van der Waals surface area contributed by atoms with Crippen molar-refractivity contribution in [2.45, 2.75) is 74.9 Å². The van der Waals surface area contributed by atoms with Crippen molar-refractivity contribution in [2.24, 2.45) is 16.7 Å². The van der Waals surface area contributed by atoms with Gasteiger partial charge in [-0.2, -0.15) is 20.7 Å². The fourth-order valence-corrected chi connectivity index (χ4v) is 8.70. The monoisotopic (exact) mass is 487 g/mol. The molecule has 3 heterocycles. The van der Waals surface area contributed by atoms with Crippen LogP contribution in [0.1, 0.15) is 51.0 Å². The number of nitrogens with one attached hydrogen (secondary N) is 1. The first kappa shape index (κ1) is 22.6. The number of rotatable bonds is 2. The van der Waals surface area contributed by atoms with E-state index in [-0.39, 0.29) is 17.4 Å². The Kier molecular flexibility index (Phi) is 4.43. The third-order valence-corrected chi connectivity index (χ3v) is 10.6. The fraction of sp³-hybridized carbons (Fsp3) is 0.607. The number of allylic oxidation sites excluding steroid dienone is 2. The molecular formula is C28H33N5O3. The van der Waals surface area contributed by atoms with Crippen LogP contribution in [-0.4, -0.2) is 74.1 Å². The maximum absolute atomic E-state index is 11.2. The Morgan fingerprint density at radius 2 is 1.94 bits per heavy atom. The average Bonchev–Trinajstić information content (AvgIpc) is 3.56. The molecule has 0 amide bonds. The highest BCUT2D eigenvalue weighted by Crippen LogP contribution is 2.72. The highest BCUT2D eigenvalue weighted by Gasteiger charge is 2.74. The van der Waals surface area contributed by atoms with Crippen molar-refractivity contribution in [3.8, 4) is 6.07 Å². The molecule has 2 unspecified atom stereocenters. The second kappa shape index (κ2) is 7.05. The molecule has 8 atom stereocenters. The van der Waals surface area contributed by atoms with Crippen LogP contribution in [0.15, 0.2) is 35.9 Å². The van der Waals surface area contributed by atoms with Crippen LogP contribution in [-0.2, 0) is 4.74 Å². The summed E-state index contributed by atoms with van der Waals surface area (Å²) in [7, 11) is 3.88. The number of H-pyrrole nitrogens is 1. The molecule has 3 fully saturated rings. The lowest BCUT2D eigenvalue weighted by Gasteiger charge is -2.61. The van der Waals surface area contributed by atoms with Gasteiger partial charge in [0.15, 0.2) is 0 Å². The minimum atomic E-state index is -1.02. The molecule has 8 heteroatoms. The molecule has 3 N–H and O–H groups in total. The maximum atomic E-state index is 11.2. The normalized spacial score (nSPS) is 45.0. The van der Waals surface area contributed by atoms with E-state index in [0.29, 0.717) is 12.8 Å². The van der Waals surface area contributed by atoms with Gasteiger partial charge in [-0.25, -0.2) is 0 Å². The molecule has 1 aromatic carbocycles. The second-order valence-electron chi connectivity index (χ2n) is 12.2. The second-order valence-corrected chi connectivity index (χ2v) is 12.2. The number of nitriles is 1. The van der Waals surface area contributed by atoms with Crippen LogP contribution in [0.5, 0.6) is 0 Å². The summed E-state index contributed by atoms with van der Waals surface area (Å²) >= 11 is 0. The minimum absolute atomic E-state index is 0.137. The van der Waals surface area contributed by atoms with Gasteiger partial charge >= 0.3 is 0 Å². The summed E-state index contributed by atoms with van der Waals surface area (Å²) in [5, 5.41) is 44.1. The molecule has 2 aromatic rings. The molecule has 2 aliphatic heterocycles. The number of ether oxygens (including phenoxy) is 1. The lowest BCUT2D eigenvalue weighted by molar-refractivity contribution is -0.223. The Labute approximate surface area is 210 Å². The highest BCUT2D eigenvalue weighted by molar-refractivity contribution is 5.82. The van der Waals surface area contributed by atoms with Crippen molar-refractivity contribution >= 4 is 16.6 Å².